The minimum absolute atomic E-state index is 0.179. The fourth-order valence-electron chi connectivity index (χ4n) is 3.37. The fraction of sp³-hybridized carbons (Fsp3) is 0.182. The average Bonchev–Trinajstić information content (AvgIpc) is 3.27. The van der Waals surface area contributed by atoms with Crippen LogP contribution in [-0.2, 0) is 10.0 Å². The number of benzene rings is 2. The van der Waals surface area contributed by atoms with Crippen LogP contribution in [0.15, 0.2) is 70.9 Å². The molecule has 0 bridgehead atoms. The molecule has 0 atom stereocenters. The molecule has 0 saturated carbocycles. The lowest BCUT2D eigenvalue weighted by molar-refractivity contribution is 0.0698. The largest absolute Gasteiger partial charge is 0.336 e. The number of nitrogens with zero attached hydrogens (tertiary/aromatic N) is 2. The zero-order valence-corrected chi connectivity index (χ0v) is 19.3. The van der Waals surface area contributed by atoms with E-state index in [4.69, 9.17) is 11.6 Å². The van der Waals surface area contributed by atoms with E-state index >= 15 is 0 Å². The van der Waals surface area contributed by atoms with Crippen molar-refractivity contribution in [2.75, 3.05) is 31.5 Å². The summed E-state index contributed by atoms with van der Waals surface area (Å²) in [7, 11) is -3.61. The zero-order chi connectivity index (χ0) is 22.7. The predicted octanol–water partition coefficient (Wildman–Crippen LogP) is 3.80. The first-order valence-electron chi connectivity index (χ1n) is 9.86. The van der Waals surface area contributed by atoms with Crippen LogP contribution < -0.4 is 5.32 Å². The van der Waals surface area contributed by atoms with Crippen molar-refractivity contribution in [3.05, 3.63) is 82.2 Å². The van der Waals surface area contributed by atoms with Crippen LogP contribution in [0, 0.1) is 0 Å². The summed E-state index contributed by atoms with van der Waals surface area (Å²) < 4.78 is 27.4. The van der Waals surface area contributed by atoms with Crippen LogP contribution in [0.25, 0.3) is 0 Å². The van der Waals surface area contributed by atoms with Gasteiger partial charge in [0.15, 0.2) is 0 Å². The van der Waals surface area contributed by atoms with Crippen LogP contribution in [0.1, 0.15) is 20.7 Å². The smallest absolute Gasteiger partial charge is 0.255 e. The van der Waals surface area contributed by atoms with Gasteiger partial charge in [0.25, 0.3) is 21.8 Å². The quantitative estimate of drug-likeness (QED) is 0.590. The van der Waals surface area contributed by atoms with E-state index in [1.165, 1.54) is 10.4 Å². The van der Waals surface area contributed by atoms with Crippen molar-refractivity contribution < 1.29 is 18.0 Å². The number of amides is 2. The lowest BCUT2D eigenvalue weighted by Gasteiger charge is -2.33. The molecule has 0 unspecified atom stereocenters. The fourth-order valence-corrected chi connectivity index (χ4v) is 6.43. The highest BCUT2D eigenvalue weighted by Gasteiger charge is 2.31. The van der Waals surface area contributed by atoms with E-state index in [0.717, 1.165) is 11.3 Å². The molecule has 32 heavy (non-hydrogen) atoms. The molecule has 166 valence electrons. The Kier molecular flexibility index (Phi) is 6.61. The van der Waals surface area contributed by atoms with Crippen molar-refractivity contribution in [1.82, 2.24) is 9.21 Å². The Bertz CT molecular complexity index is 1220. The van der Waals surface area contributed by atoms with Gasteiger partial charge in [-0.25, -0.2) is 8.42 Å². The standard InChI is InChI=1S/C22H20ClN3O4S2/c23-19-10-11-20(31-19)32(29,30)26-14-12-25(13-15-26)22(28)17-6-8-18(9-7-17)24-21(27)16-4-2-1-3-5-16/h1-11H,12-15H2,(H,24,27). The lowest BCUT2D eigenvalue weighted by Crippen LogP contribution is -2.50. The topological polar surface area (TPSA) is 86.8 Å². The number of hydrogen-bond acceptors (Lipinski definition) is 5. The van der Waals surface area contributed by atoms with E-state index in [2.05, 4.69) is 5.32 Å². The summed E-state index contributed by atoms with van der Waals surface area (Å²) in [6.07, 6.45) is 0. The van der Waals surface area contributed by atoms with E-state index < -0.39 is 10.0 Å². The van der Waals surface area contributed by atoms with Crippen molar-refractivity contribution in [3.8, 4) is 0 Å². The number of anilines is 1. The SMILES string of the molecule is O=C(Nc1ccc(C(=O)N2CCN(S(=O)(=O)c3ccc(Cl)s3)CC2)cc1)c1ccccc1. The maximum absolute atomic E-state index is 12.8. The second-order valence-corrected chi connectivity index (χ2v) is 11.0. The second kappa shape index (κ2) is 9.41. The molecule has 2 heterocycles. The van der Waals surface area contributed by atoms with Crippen molar-refractivity contribution in [2.24, 2.45) is 0 Å². The molecule has 7 nitrogen and oxygen atoms in total. The number of halogens is 1. The molecule has 4 rings (SSSR count). The van der Waals surface area contributed by atoms with Crippen molar-refractivity contribution in [1.29, 1.82) is 0 Å². The highest BCUT2D eigenvalue weighted by Crippen LogP contribution is 2.28. The first-order valence-corrected chi connectivity index (χ1v) is 12.5. The Morgan fingerprint density at radius 3 is 2.09 bits per heavy atom. The van der Waals surface area contributed by atoms with Gasteiger partial charge in [-0.1, -0.05) is 29.8 Å². The summed E-state index contributed by atoms with van der Waals surface area (Å²) in [5, 5.41) is 2.80. The monoisotopic (exact) mass is 489 g/mol. The molecule has 1 aliphatic heterocycles. The van der Waals surface area contributed by atoms with Crippen LogP contribution in [0.3, 0.4) is 0 Å². The third-order valence-electron chi connectivity index (χ3n) is 5.09. The number of piperazine rings is 1. The van der Waals surface area contributed by atoms with Crippen LogP contribution >= 0.6 is 22.9 Å². The number of nitrogens with one attached hydrogen (secondary N) is 1. The summed E-state index contributed by atoms with van der Waals surface area (Å²) in [6, 6.07) is 18.6. The minimum Gasteiger partial charge on any atom is -0.336 e. The van der Waals surface area contributed by atoms with E-state index in [1.54, 1.807) is 59.5 Å². The normalized spacial score (nSPS) is 14.8. The first-order chi connectivity index (χ1) is 15.3. The lowest BCUT2D eigenvalue weighted by atomic mass is 10.1. The van der Waals surface area contributed by atoms with Gasteiger partial charge in [-0.15, -0.1) is 11.3 Å². The summed E-state index contributed by atoms with van der Waals surface area (Å²) in [5.74, 6) is -0.406. The number of hydrogen-bond donors (Lipinski definition) is 1. The van der Waals surface area contributed by atoms with Crippen LogP contribution in [0.5, 0.6) is 0 Å². The van der Waals surface area contributed by atoms with Gasteiger partial charge in [0.05, 0.1) is 4.34 Å². The third-order valence-corrected chi connectivity index (χ3v) is 8.69. The van der Waals surface area contributed by atoms with E-state index in [1.807, 2.05) is 6.07 Å². The van der Waals surface area contributed by atoms with E-state index in [0.29, 0.717) is 34.2 Å². The number of carbonyl (C=O) groups is 2. The van der Waals surface area contributed by atoms with Crippen LogP contribution in [0.4, 0.5) is 5.69 Å². The Hall–Kier alpha value is -2.72. The van der Waals surface area contributed by atoms with Crippen molar-refractivity contribution >= 4 is 50.5 Å². The predicted molar refractivity (Wildman–Crippen MR) is 125 cm³/mol. The summed E-state index contributed by atoms with van der Waals surface area (Å²) in [4.78, 5) is 26.7. The second-order valence-electron chi connectivity index (χ2n) is 7.15. The molecule has 2 aromatic carbocycles. The van der Waals surface area contributed by atoms with Crippen molar-refractivity contribution in [2.45, 2.75) is 4.21 Å². The Balaban J connectivity index is 1.35. The van der Waals surface area contributed by atoms with E-state index in [-0.39, 0.29) is 29.1 Å². The van der Waals surface area contributed by atoms with Gasteiger partial charge in [-0.05, 0) is 48.5 Å². The summed E-state index contributed by atoms with van der Waals surface area (Å²) >= 11 is 6.89. The molecule has 10 heteroatoms. The molecule has 0 aliphatic carbocycles. The van der Waals surface area contributed by atoms with Gasteiger partial charge < -0.3 is 10.2 Å². The average molecular weight is 490 g/mol. The van der Waals surface area contributed by atoms with Crippen molar-refractivity contribution in [3.63, 3.8) is 0 Å². The van der Waals surface area contributed by atoms with Crippen LogP contribution in [0.2, 0.25) is 4.34 Å². The van der Waals surface area contributed by atoms with Gasteiger partial charge in [-0.3, -0.25) is 9.59 Å². The zero-order valence-electron chi connectivity index (χ0n) is 16.9. The van der Waals surface area contributed by atoms with E-state index in [9.17, 15) is 18.0 Å². The Morgan fingerprint density at radius 1 is 0.844 bits per heavy atom. The molecule has 2 amide bonds. The minimum atomic E-state index is -3.61. The summed E-state index contributed by atoms with van der Waals surface area (Å²) in [6.45, 7) is 1.02. The number of carbonyl (C=O) groups excluding carboxylic acids is 2. The molecule has 1 saturated heterocycles. The molecule has 1 aliphatic rings. The molecule has 0 radical (unpaired) electrons. The third kappa shape index (κ3) is 4.86. The molecular formula is C22H20ClN3O4S2. The highest BCUT2D eigenvalue weighted by atomic mass is 35.5. The summed E-state index contributed by atoms with van der Waals surface area (Å²) in [5.41, 5.74) is 1.61. The molecular weight excluding hydrogens is 470 g/mol. The van der Waals surface area contributed by atoms with Gasteiger partial charge in [0.2, 0.25) is 0 Å². The molecule has 1 aromatic heterocycles. The highest BCUT2D eigenvalue weighted by molar-refractivity contribution is 7.91. The molecule has 1 N–H and O–H groups in total. The number of thiophene rings is 1. The first kappa shape index (κ1) is 22.5. The van der Waals surface area contributed by atoms with Crippen LogP contribution in [-0.4, -0.2) is 55.6 Å². The van der Waals surface area contributed by atoms with Gasteiger partial charge in [0, 0.05) is 43.0 Å². The van der Waals surface area contributed by atoms with Gasteiger partial charge in [-0.2, -0.15) is 4.31 Å². The number of sulfonamides is 1. The van der Waals surface area contributed by atoms with Gasteiger partial charge >= 0.3 is 0 Å². The molecule has 0 spiro atoms. The Labute approximate surface area is 195 Å². The maximum atomic E-state index is 12.8. The molecule has 3 aromatic rings. The number of rotatable bonds is 5. The maximum Gasteiger partial charge on any atom is 0.255 e. The molecule has 1 fully saturated rings. The Morgan fingerprint density at radius 2 is 1.50 bits per heavy atom. The van der Waals surface area contributed by atoms with Gasteiger partial charge in [0.1, 0.15) is 4.21 Å².